The van der Waals surface area contributed by atoms with Crippen molar-refractivity contribution in [2.75, 3.05) is 13.2 Å². The number of rotatable bonds is 5. The molecule has 0 saturated heterocycles. The Hall–Kier alpha value is -2.32. The maximum Gasteiger partial charge on any atom is 0.325 e. The van der Waals surface area contributed by atoms with Crippen LogP contribution in [0.3, 0.4) is 0 Å². The van der Waals surface area contributed by atoms with Crippen molar-refractivity contribution in [3.63, 3.8) is 0 Å². The summed E-state index contributed by atoms with van der Waals surface area (Å²) in [6.07, 6.45) is 3.05. The van der Waals surface area contributed by atoms with E-state index in [-0.39, 0.29) is 6.04 Å². The molecule has 23 heavy (non-hydrogen) atoms. The van der Waals surface area contributed by atoms with Gasteiger partial charge in [0, 0.05) is 6.04 Å². The molecule has 0 spiro atoms. The third kappa shape index (κ3) is 6.98. The first-order valence-electron chi connectivity index (χ1n) is 7.59. The van der Waals surface area contributed by atoms with Crippen molar-refractivity contribution >= 4 is 23.9 Å². The number of ether oxygens (including phenoxy) is 1. The van der Waals surface area contributed by atoms with E-state index in [4.69, 9.17) is 5.73 Å². The van der Waals surface area contributed by atoms with Gasteiger partial charge < -0.3 is 21.1 Å². The molecule has 9 nitrogen and oxygen atoms in total. The van der Waals surface area contributed by atoms with Crippen LogP contribution in [0.25, 0.3) is 0 Å². The lowest BCUT2D eigenvalue weighted by atomic mass is 9.78. The summed E-state index contributed by atoms with van der Waals surface area (Å²) in [6.45, 7) is 3.17. The molecule has 1 fully saturated rings. The summed E-state index contributed by atoms with van der Waals surface area (Å²) in [5.41, 5.74) is 4.78. The van der Waals surface area contributed by atoms with Crippen LogP contribution < -0.4 is 21.7 Å². The van der Waals surface area contributed by atoms with Gasteiger partial charge in [0.1, 0.15) is 6.54 Å². The minimum absolute atomic E-state index is 0.0221. The minimum atomic E-state index is -0.874. The van der Waals surface area contributed by atoms with Crippen LogP contribution in [0.2, 0.25) is 0 Å². The van der Waals surface area contributed by atoms with Crippen molar-refractivity contribution in [2.45, 2.75) is 39.2 Å². The van der Waals surface area contributed by atoms with Gasteiger partial charge in [-0.05, 0) is 18.3 Å². The Morgan fingerprint density at radius 2 is 1.87 bits per heavy atom. The average molecular weight is 328 g/mol. The number of hydrogen-bond acceptors (Lipinski definition) is 5. The minimum Gasteiger partial charge on any atom is -0.454 e. The van der Waals surface area contributed by atoms with Crippen LogP contribution in [0.1, 0.15) is 33.1 Å². The van der Waals surface area contributed by atoms with E-state index in [1.54, 1.807) is 0 Å². The highest BCUT2D eigenvalue weighted by Crippen LogP contribution is 2.29. The maximum absolute atomic E-state index is 11.8. The highest BCUT2D eigenvalue weighted by Gasteiger charge is 2.28. The average Bonchev–Trinajstić information content (AvgIpc) is 2.47. The number of urea groups is 2. The van der Waals surface area contributed by atoms with Gasteiger partial charge in [0.2, 0.25) is 0 Å². The molecule has 5 N–H and O–H groups in total. The van der Waals surface area contributed by atoms with E-state index < -0.39 is 37.1 Å². The van der Waals surface area contributed by atoms with Crippen LogP contribution in [0.4, 0.5) is 9.59 Å². The lowest BCUT2D eigenvalue weighted by Gasteiger charge is -2.34. The number of nitrogens with two attached hydrogens (primary N) is 1. The van der Waals surface area contributed by atoms with E-state index in [9.17, 15) is 19.2 Å². The summed E-state index contributed by atoms with van der Waals surface area (Å²) in [6, 6.07) is -1.46. The Labute approximate surface area is 134 Å². The first-order chi connectivity index (χ1) is 10.8. The number of nitrogens with one attached hydrogen (secondary N) is 3. The number of amides is 5. The zero-order valence-electron chi connectivity index (χ0n) is 13.4. The van der Waals surface area contributed by atoms with Gasteiger partial charge in [-0.25, -0.2) is 9.59 Å². The molecule has 0 heterocycles. The third-order valence-corrected chi connectivity index (χ3v) is 4.05. The largest absolute Gasteiger partial charge is 0.454 e. The summed E-state index contributed by atoms with van der Waals surface area (Å²) in [5.74, 6) is -0.716. The maximum atomic E-state index is 11.8. The van der Waals surface area contributed by atoms with Crippen molar-refractivity contribution in [3.05, 3.63) is 0 Å². The van der Waals surface area contributed by atoms with E-state index in [1.807, 2.05) is 5.32 Å². The number of esters is 1. The second kappa shape index (κ2) is 8.96. The first-order valence-corrected chi connectivity index (χ1v) is 7.59. The smallest absolute Gasteiger partial charge is 0.325 e. The molecule has 1 rings (SSSR count). The number of carbonyl (C=O) groups is 4. The predicted molar refractivity (Wildman–Crippen MR) is 81.2 cm³/mol. The number of carbonyl (C=O) groups excluding carboxylic acids is 4. The molecule has 0 bridgehead atoms. The first kappa shape index (κ1) is 18.7. The van der Waals surface area contributed by atoms with Crippen molar-refractivity contribution in [3.8, 4) is 0 Å². The molecule has 1 aliphatic rings. The van der Waals surface area contributed by atoms with E-state index in [2.05, 4.69) is 29.2 Å². The fraction of sp³-hybridized carbons (Fsp3) is 0.714. The van der Waals surface area contributed by atoms with Crippen molar-refractivity contribution in [1.82, 2.24) is 16.0 Å². The van der Waals surface area contributed by atoms with E-state index in [0.717, 1.165) is 19.3 Å². The number of primary amides is 1. The molecular weight excluding hydrogens is 304 g/mol. The van der Waals surface area contributed by atoms with Crippen LogP contribution in [0.5, 0.6) is 0 Å². The van der Waals surface area contributed by atoms with Gasteiger partial charge in [0.15, 0.2) is 6.61 Å². The molecule has 0 aromatic rings. The number of hydrogen-bond donors (Lipinski definition) is 4. The van der Waals surface area contributed by atoms with Gasteiger partial charge in [-0.1, -0.05) is 26.7 Å². The van der Waals surface area contributed by atoms with Crippen LogP contribution in [0, 0.1) is 11.8 Å². The summed E-state index contributed by atoms with van der Waals surface area (Å²) >= 11 is 0. The molecule has 3 unspecified atom stereocenters. The quantitative estimate of drug-likeness (QED) is 0.520. The Balaban J connectivity index is 2.27. The third-order valence-electron chi connectivity index (χ3n) is 4.05. The van der Waals surface area contributed by atoms with Crippen LogP contribution in [-0.2, 0) is 14.3 Å². The molecule has 3 atom stereocenters. The van der Waals surface area contributed by atoms with Gasteiger partial charge in [-0.3, -0.25) is 14.9 Å². The second-order valence-corrected chi connectivity index (χ2v) is 5.77. The van der Waals surface area contributed by atoms with E-state index in [1.165, 1.54) is 0 Å². The van der Waals surface area contributed by atoms with Crippen molar-refractivity contribution in [1.29, 1.82) is 0 Å². The van der Waals surface area contributed by atoms with Crippen LogP contribution in [-0.4, -0.2) is 43.1 Å². The van der Waals surface area contributed by atoms with Crippen molar-refractivity contribution < 1.29 is 23.9 Å². The SMILES string of the molecule is CC1CCCC(NC(=O)NC(=O)COC(=O)CNC(N)=O)C1C. The monoisotopic (exact) mass is 328 g/mol. The number of imide groups is 1. The van der Waals surface area contributed by atoms with E-state index in [0.29, 0.717) is 11.8 Å². The van der Waals surface area contributed by atoms with E-state index >= 15 is 0 Å². The lowest BCUT2D eigenvalue weighted by Crippen LogP contribution is -2.50. The summed E-state index contributed by atoms with van der Waals surface area (Å²) in [5, 5.41) is 6.90. The highest BCUT2D eigenvalue weighted by molar-refractivity contribution is 5.95. The summed E-state index contributed by atoms with van der Waals surface area (Å²) < 4.78 is 4.58. The van der Waals surface area contributed by atoms with Crippen molar-refractivity contribution in [2.24, 2.45) is 17.6 Å². The molecule has 0 aromatic heterocycles. The second-order valence-electron chi connectivity index (χ2n) is 5.77. The van der Waals surface area contributed by atoms with Gasteiger partial charge in [-0.2, -0.15) is 0 Å². The zero-order chi connectivity index (χ0) is 17.4. The molecule has 5 amide bonds. The Bertz CT molecular complexity index is 468. The normalized spacial score (nSPS) is 23.5. The topological polar surface area (TPSA) is 140 Å². The molecule has 0 aromatic carbocycles. The Kier molecular flexibility index (Phi) is 7.30. The lowest BCUT2D eigenvalue weighted by molar-refractivity contribution is -0.147. The molecule has 9 heteroatoms. The summed E-state index contributed by atoms with van der Waals surface area (Å²) in [4.78, 5) is 44.9. The molecule has 0 radical (unpaired) electrons. The van der Waals surface area contributed by atoms with Gasteiger partial charge >= 0.3 is 18.0 Å². The molecular formula is C14H24N4O5. The Morgan fingerprint density at radius 3 is 2.52 bits per heavy atom. The summed E-state index contributed by atoms with van der Waals surface area (Å²) in [7, 11) is 0. The molecule has 1 aliphatic carbocycles. The Morgan fingerprint density at radius 1 is 1.17 bits per heavy atom. The molecule has 1 saturated carbocycles. The van der Waals surface area contributed by atoms with Crippen LogP contribution >= 0.6 is 0 Å². The van der Waals surface area contributed by atoms with Gasteiger partial charge in [-0.15, -0.1) is 0 Å². The van der Waals surface area contributed by atoms with Gasteiger partial charge in [0.05, 0.1) is 0 Å². The van der Waals surface area contributed by atoms with Crippen LogP contribution in [0.15, 0.2) is 0 Å². The molecule has 130 valence electrons. The fourth-order valence-corrected chi connectivity index (χ4v) is 2.51. The standard InChI is InChI=1S/C14H24N4O5/c1-8-4-3-5-10(9(8)2)17-14(22)18-11(19)7-23-12(20)6-16-13(15)21/h8-10H,3-7H2,1-2H3,(H3,15,16,21)(H2,17,18,19,22). The molecule has 0 aliphatic heterocycles. The van der Waals surface area contributed by atoms with Gasteiger partial charge in [0.25, 0.3) is 5.91 Å². The highest BCUT2D eigenvalue weighted by atomic mass is 16.5. The zero-order valence-corrected chi connectivity index (χ0v) is 13.4. The predicted octanol–water partition coefficient (Wildman–Crippen LogP) is -0.152. The fourth-order valence-electron chi connectivity index (χ4n) is 2.51.